The first-order valence-corrected chi connectivity index (χ1v) is 3.58. The molecule has 1 amide bonds. The van der Waals surface area contributed by atoms with Crippen LogP contribution in [0.15, 0.2) is 0 Å². The SMILES string of the molecule is CC1CN(C(=O)C(C)O)C1. The second-order valence-corrected chi connectivity index (χ2v) is 3.02. The van der Waals surface area contributed by atoms with Crippen LogP contribution in [-0.4, -0.2) is 35.1 Å². The van der Waals surface area contributed by atoms with Crippen molar-refractivity contribution in [2.24, 2.45) is 5.92 Å². The Balaban J connectivity index is 2.31. The minimum Gasteiger partial charge on any atom is -0.384 e. The number of carbonyl (C=O) groups excluding carboxylic acids is 1. The lowest BCUT2D eigenvalue weighted by molar-refractivity contribution is -0.145. The lowest BCUT2D eigenvalue weighted by Crippen LogP contribution is -2.51. The van der Waals surface area contributed by atoms with E-state index in [1.165, 1.54) is 6.92 Å². The molecule has 1 aliphatic rings. The minimum absolute atomic E-state index is 0.141. The predicted molar refractivity (Wildman–Crippen MR) is 37.4 cm³/mol. The van der Waals surface area contributed by atoms with Crippen LogP contribution >= 0.6 is 0 Å². The summed E-state index contributed by atoms with van der Waals surface area (Å²) in [7, 11) is 0. The quantitative estimate of drug-likeness (QED) is 0.554. The highest BCUT2D eigenvalue weighted by Gasteiger charge is 2.28. The van der Waals surface area contributed by atoms with Crippen LogP contribution in [0.2, 0.25) is 0 Å². The molecule has 3 heteroatoms. The summed E-state index contributed by atoms with van der Waals surface area (Å²) in [4.78, 5) is 12.6. The first-order chi connectivity index (χ1) is 4.61. The van der Waals surface area contributed by atoms with Crippen LogP contribution in [0.1, 0.15) is 13.8 Å². The van der Waals surface area contributed by atoms with Gasteiger partial charge in [0.2, 0.25) is 0 Å². The molecule has 0 aromatic heterocycles. The predicted octanol–water partition coefficient (Wildman–Crippen LogP) is -0.155. The van der Waals surface area contributed by atoms with Gasteiger partial charge >= 0.3 is 0 Å². The molecule has 1 fully saturated rings. The molecule has 1 N–H and O–H groups in total. The van der Waals surface area contributed by atoms with E-state index in [-0.39, 0.29) is 5.91 Å². The third-order valence-corrected chi connectivity index (χ3v) is 1.73. The van der Waals surface area contributed by atoms with Gasteiger partial charge in [0, 0.05) is 13.1 Å². The number of amides is 1. The summed E-state index contributed by atoms with van der Waals surface area (Å²) >= 11 is 0. The lowest BCUT2D eigenvalue weighted by Gasteiger charge is -2.37. The van der Waals surface area contributed by atoms with Crippen LogP contribution in [0.5, 0.6) is 0 Å². The Kier molecular flexibility index (Phi) is 1.94. The number of likely N-dealkylation sites (tertiary alicyclic amines) is 1. The Morgan fingerprint density at radius 1 is 1.70 bits per heavy atom. The zero-order chi connectivity index (χ0) is 7.72. The highest BCUT2D eigenvalue weighted by Crippen LogP contribution is 2.14. The van der Waals surface area contributed by atoms with Crippen molar-refractivity contribution in [2.75, 3.05) is 13.1 Å². The van der Waals surface area contributed by atoms with E-state index in [0.29, 0.717) is 5.92 Å². The molecule has 1 aliphatic heterocycles. The van der Waals surface area contributed by atoms with E-state index in [4.69, 9.17) is 5.11 Å². The molecule has 0 aliphatic carbocycles. The van der Waals surface area contributed by atoms with Crippen molar-refractivity contribution in [3.8, 4) is 0 Å². The van der Waals surface area contributed by atoms with Gasteiger partial charge in [-0.25, -0.2) is 0 Å². The molecule has 1 unspecified atom stereocenters. The van der Waals surface area contributed by atoms with Crippen molar-refractivity contribution in [2.45, 2.75) is 20.0 Å². The van der Waals surface area contributed by atoms with E-state index < -0.39 is 6.10 Å². The number of hydrogen-bond acceptors (Lipinski definition) is 2. The van der Waals surface area contributed by atoms with E-state index in [1.54, 1.807) is 4.90 Å². The summed E-state index contributed by atoms with van der Waals surface area (Å²) in [5.41, 5.74) is 0. The molecule has 0 aromatic rings. The summed E-state index contributed by atoms with van der Waals surface area (Å²) in [5, 5.41) is 8.85. The number of hydrogen-bond donors (Lipinski definition) is 1. The van der Waals surface area contributed by atoms with Crippen molar-refractivity contribution in [1.29, 1.82) is 0 Å². The van der Waals surface area contributed by atoms with E-state index in [2.05, 4.69) is 6.92 Å². The second kappa shape index (κ2) is 2.58. The largest absolute Gasteiger partial charge is 0.384 e. The molecule has 10 heavy (non-hydrogen) atoms. The fraction of sp³-hybridized carbons (Fsp3) is 0.857. The highest BCUT2D eigenvalue weighted by molar-refractivity contribution is 5.80. The standard InChI is InChI=1S/C7H13NO2/c1-5-3-8(4-5)7(10)6(2)9/h5-6,9H,3-4H2,1-2H3. The lowest BCUT2D eigenvalue weighted by atomic mass is 10.0. The van der Waals surface area contributed by atoms with E-state index in [0.717, 1.165) is 13.1 Å². The molecule has 1 heterocycles. The normalized spacial score (nSPS) is 22.1. The third kappa shape index (κ3) is 1.29. The Hall–Kier alpha value is -0.570. The van der Waals surface area contributed by atoms with Gasteiger partial charge in [0.05, 0.1) is 0 Å². The molecule has 0 radical (unpaired) electrons. The summed E-state index contributed by atoms with van der Waals surface area (Å²) < 4.78 is 0. The Bertz CT molecular complexity index is 139. The van der Waals surface area contributed by atoms with Crippen molar-refractivity contribution >= 4 is 5.91 Å². The maximum Gasteiger partial charge on any atom is 0.251 e. The van der Waals surface area contributed by atoms with Gasteiger partial charge in [-0.2, -0.15) is 0 Å². The topological polar surface area (TPSA) is 40.5 Å². The smallest absolute Gasteiger partial charge is 0.251 e. The van der Waals surface area contributed by atoms with E-state index >= 15 is 0 Å². The molecule has 1 atom stereocenters. The van der Waals surface area contributed by atoms with Crippen molar-refractivity contribution in [1.82, 2.24) is 4.90 Å². The Morgan fingerprint density at radius 2 is 2.20 bits per heavy atom. The van der Waals surface area contributed by atoms with Gasteiger partial charge in [0.15, 0.2) is 0 Å². The first-order valence-electron chi connectivity index (χ1n) is 3.58. The summed E-state index contributed by atoms with van der Waals surface area (Å²) in [5.74, 6) is 0.473. The summed E-state index contributed by atoms with van der Waals surface area (Å²) in [6, 6.07) is 0. The minimum atomic E-state index is -0.826. The summed E-state index contributed by atoms with van der Waals surface area (Å²) in [6.45, 7) is 5.21. The van der Waals surface area contributed by atoms with Crippen LogP contribution in [-0.2, 0) is 4.79 Å². The average Bonchev–Trinajstić information content (AvgIpc) is 1.79. The maximum absolute atomic E-state index is 10.9. The summed E-state index contributed by atoms with van der Waals surface area (Å²) in [6.07, 6.45) is -0.826. The number of aliphatic hydroxyl groups excluding tert-OH is 1. The third-order valence-electron chi connectivity index (χ3n) is 1.73. The molecular weight excluding hydrogens is 130 g/mol. The molecule has 58 valence electrons. The van der Waals surface area contributed by atoms with Gasteiger partial charge in [-0.3, -0.25) is 4.79 Å². The maximum atomic E-state index is 10.9. The monoisotopic (exact) mass is 143 g/mol. The van der Waals surface area contributed by atoms with Gasteiger partial charge in [-0.15, -0.1) is 0 Å². The van der Waals surface area contributed by atoms with E-state index in [1.807, 2.05) is 0 Å². The Labute approximate surface area is 60.6 Å². The van der Waals surface area contributed by atoms with Crippen molar-refractivity contribution in [3.63, 3.8) is 0 Å². The van der Waals surface area contributed by atoms with Gasteiger partial charge in [0.25, 0.3) is 5.91 Å². The van der Waals surface area contributed by atoms with Crippen LogP contribution in [0.25, 0.3) is 0 Å². The van der Waals surface area contributed by atoms with Crippen LogP contribution < -0.4 is 0 Å². The first kappa shape index (κ1) is 7.54. The molecule has 0 bridgehead atoms. The zero-order valence-corrected chi connectivity index (χ0v) is 6.37. The molecule has 1 saturated heterocycles. The molecule has 0 aromatic carbocycles. The molecule has 0 saturated carbocycles. The highest BCUT2D eigenvalue weighted by atomic mass is 16.3. The number of nitrogens with zero attached hydrogens (tertiary/aromatic N) is 1. The van der Waals surface area contributed by atoms with Crippen molar-refractivity contribution < 1.29 is 9.90 Å². The number of carbonyl (C=O) groups is 1. The zero-order valence-electron chi connectivity index (χ0n) is 6.37. The van der Waals surface area contributed by atoms with Crippen LogP contribution in [0, 0.1) is 5.92 Å². The van der Waals surface area contributed by atoms with Crippen molar-refractivity contribution in [3.05, 3.63) is 0 Å². The second-order valence-electron chi connectivity index (χ2n) is 3.02. The fourth-order valence-electron chi connectivity index (χ4n) is 1.14. The van der Waals surface area contributed by atoms with Crippen LogP contribution in [0.3, 0.4) is 0 Å². The van der Waals surface area contributed by atoms with Gasteiger partial charge in [-0.1, -0.05) is 6.92 Å². The number of rotatable bonds is 1. The molecule has 1 rings (SSSR count). The molecular formula is C7H13NO2. The Morgan fingerprint density at radius 3 is 2.50 bits per heavy atom. The number of aliphatic hydroxyl groups is 1. The van der Waals surface area contributed by atoms with Crippen LogP contribution in [0.4, 0.5) is 0 Å². The van der Waals surface area contributed by atoms with Gasteiger partial charge < -0.3 is 10.0 Å². The average molecular weight is 143 g/mol. The molecule has 3 nitrogen and oxygen atoms in total. The molecule has 0 spiro atoms. The van der Waals surface area contributed by atoms with Gasteiger partial charge in [-0.05, 0) is 12.8 Å². The fourth-order valence-corrected chi connectivity index (χ4v) is 1.14. The van der Waals surface area contributed by atoms with E-state index in [9.17, 15) is 4.79 Å². The van der Waals surface area contributed by atoms with Gasteiger partial charge in [0.1, 0.15) is 6.10 Å².